The molecule has 0 aliphatic rings. The van der Waals surface area contributed by atoms with Gasteiger partial charge < -0.3 is 19.5 Å². The van der Waals surface area contributed by atoms with Crippen molar-refractivity contribution in [2.24, 2.45) is 5.92 Å². The molecular weight excluding hydrogens is 266 g/mol. The van der Waals surface area contributed by atoms with Crippen LogP contribution in [0.1, 0.15) is 39.2 Å². The maximum absolute atomic E-state index is 5.89. The van der Waals surface area contributed by atoms with Crippen molar-refractivity contribution in [1.82, 2.24) is 5.32 Å². The zero-order chi connectivity index (χ0) is 15.7. The summed E-state index contributed by atoms with van der Waals surface area (Å²) in [6.07, 6.45) is 2.19. The van der Waals surface area contributed by atoms with Crippen molar-refractivity contribution in [3.63, 3.8) is 0 Å². The van der Waals surface area contributed by atoms with Crippen LogP contribution in [0.2, 0.25) is 0 Å². The van der Waals surface area contributed by atoms with E-state index in [0.717, 1.165) is 43.0 Å². The molecule has 4 heteroatoms. The number of hydrogen-bond acceptors (Lipinski definition) is 4. The first-order valence-electron chi connectivity index (χ1n) is 7.70. The molecule has 0 atom stereocenters. The van der Waals surface area contributed by atoms with Crippen LogP contribution in [0.4, 0.5) is 0 Å². The van der Waals surface area contributed by atoms with Gasteiger partial charge in [-0.2, -0.15) is 0 Å². The monoisotopic (exact) mass is 295 g/mol. The Labute approximate surface area is 128 Å². The number of methoxy groups -OCH3 is 2. The molecule has 0 bridgehead atoms. The van der Waals surface area contributed by atoms with Crippen molar-refractivity contribution in [3.05, 3.63) is 17.7 Å². The Morgan fingerprint density at radius 2 is 1.71 bits per heavy atom. The summed E-state index contributed by atoms with van der Waals surface area (Å²) in [7, 11) is 3.32. The van der Waals surface area contributed by atoms with Crippen LogP contribution in [0.5, 0.6) is 17.2 Å². The quantitative estimate of drug-likeness (QED) is 0.669. The molecule has 0 saturated carbocycles. The van der Waals surface area contributed by atoms with Gasteiger partial charge in [0.05, 0.1) is 20.8 Å². The van der Waals surface area contributed by atoms with E-state index in [1.165, 1.54) is 0 Å². The maximum atomic E-state index is 5.89. The number of hydrogen-bond donors (Lipinski definition) is 1. The third-order valence-electron chi connectivity index (χ3n) is 3.27. The highest BCUT2D eigenvalue weighted by molar-refractivity contribution is 5.53. The Bertz CT molecular complexity index is 393. The molecule has 1 rings (SSSR count). The van der Waals surface area contributed by atoms with E-state index < -0.39 is 0 Å². The molecule has 0 spiro atoms. The molecule has 0 heterocycles. The summed E-state index contributed by atoms with van der Waals surface area (Å²) in [6.45, 7) is 8.92. The minimum absolute atomic E-state index is 0.678. The van der Waals surface area contributed by atoms with Gasteiger partial charge >= 0.3 is 0 Å². The molecular formula is C17H29NO3. The molecule has 1 aromatic carbocycles. The summed E-state index contributed by atoms with van der Waals surface area (Å²) in [4.78, 5) is 0. The van der Waals surface area contributed by atoms with E-state index in [4.69, 9.17) is 14.2 Å². The van der Waals surface area contributed by atoms with Crippen molar-refractivity contribution in [1.29, 1.82) is 0 Å². The lowest BCUT2D eigenvalue weighted by Crippen LogP contribution is -2.12. The third-order valence-corrected chi connectivity index (χ3v) is 3.27. The van der Waals surface area contributed by atoms with E-state index in [0.29, 0.717) is 18.3 Å². The van der Waals surface area contributed by atoms with Crippen LogP contribution < -0.4 is 19.5 Å². The molecule has 0 radical (unpaired) electrons. The highest BCUT2D eigenvalue weighted by Gasteiger charge is 2.14. The zero-order valence-electron chi connectivity index (χ0n) is 14.0. The summed E-state index contributed by atoms with van der Waals surface area (Å²) in [5.74, 6) is 2.85. The van der Waals surface area contributed by atoms with Gasteiger partial charge in [-0.1, -0.05) is 20.8 Å². The number of nitrogens with one attached hydrogen (secondary N) is 1. The fourth-order valence-electron chi connectivity index (χ4n) is 2.11. The zero-order valence-corrected chi connectivity index (χ0v) is 14.0. The van der Waals surface area contributed by atoms with Gasteiger partial charge in [-0.05, 0) is 43.0 Å². The molecule has 0 fully saturated rings. The van der Waals surface area contributed by atoms with Gasteiger partial charge in [0.15, 0.2) is 11.5 Å². The summed E-state index contributed by atoms with van der Waals surface area (Å²) in [5.41, 5.74) is 1.13. The molecule has 21 heavy (non-hydrogen) atoms. The summed E-state index contributed by atoms with van der Waals surface area (Å²) < 4.78 is 16.8. The first-order chi connectivity index (χ1) is 10.1. The van der Waals surface area contributed by atoms with Crippen molar-refractivity contribution in [2.45, 2.75) is 40.2 Å². The minimum Gasteiger partial charge on any atom is -0.493 e. The lowest BCUT2D eigenvalue weighted by molar-refractivity contribution is 0.263. The summed E-state index contributed by atoms with van der Waals surface area (Å²) in [5, 5.41) is 3.30. The molecule has 1 N–H and O–H groups in total. The molecule has 0 saturated heterocycles. The average molecular weight is 295 g/mol. The maximum Gasteiger partial charge on any atom is 0.203 e. The van der Waals surface area contributed by atoms with E-state index in [1.807, 2.05) is 12.1 Å². The van der Waals surface area contributed by atoms with E-state index >= 15 is 0 Å². The average Bonchev–Trinajstić information content (AvgIpc) is 2.49. The lowest BCUT2D eigenvalue weighted by Gasteiger charge is -2.16. The largest absolute Gasteiger partial charge is 0.493 e. The van der Waals surface area contributed by atoms with Gasteiger partial charge in [0.2, 0.25) is 5.75 Å². The molecule has 0 amide bonds. The van der Waals surface area contributed by atoms with Crippen LogP contribution in [-0.4, -0.2) is 27.4 Å². The predicted octanol–water partition coefficient (Wildman–Crippen LogP) is 3.63. The van der Waals surface area contributed by atoms with Crippen molar-refractivity contribution in [2.75, 3.05) is 27.4 Å². The first-order valence-corrected chi connectivity index (χ1v) is 7.70. The highest BCUT2D eigenvalue weighted by atomic mass is 16.5. The molecule has 0 aliphatic carbocycles. The molecule has 1 aromatic rings. The Balaban J connectivity index is 2.80. The van der Waals surface area contributed by atoms with E-state index in [-0.39, 0.29) is 0 Å². The number of ether oxygens (including phenoxy) is 3. The van der Waals surface area contributed by atoms with Crippen molar-refractivity contribution >= 4 is 0 Å². The van der Waals surface area contributed by atoms with Crippen LogP contribution in [0.25, 0.3) is 0 Å². The van der Waals surface area contributed by atoms with E-state index in [1.54, 1.807) is 14.2 Å². The highest BCUT2D eigenvalue weighted by Crippen LogP contribution is 2.38. The molecule has 0 aromatic heterocycles. The Morgan fingerprint density at radius 3 is 2.19 bits per heavy atom. The minimum atomic E-state index is 0.678. The second-order valence-corrected chi connectivity index (χ2v) is 5.49. The van der Waals surface area contributed by atoms with Crippen molar-refractivity contribution in [3.8, 4) is 17.2 Å². The first kappa shape index (κ1) is 17.6. The Hall–Kier alpha value is -1.42. The van der Waals surface area contributed by atoms with Gasteiger partial charge in [0, 0.05) is 6.54 Å². The van der Waals surface area contributed by atoms with Crippen LogP contribution in [0.15, 0.2) is 12.1 Å². The van der Waals surface area contributed by atoms with E-state index in [9.17, 15) is 0 Å². The smallest absolute Gasteiger partial charge is 0.203 e. The van der Waals surface area contributed by atoms with E-state index in [2.05, 4.69) is 26.1 Å². The van der Waals surface area contributed by atoms with Gasteiger partial charge in [-0.3, -0.25) is 0 Å². The van der Waals surface area contributed by atoms with Gasteiger partial charge in [0.1, 0.15) is 0 Å². The van der Waals surface area contributed by atoms with Crippen LogP contribution >= 0.6 is 0 Å². The molecule has 120 valence electrons. The molecule has 0 aliphatic heterocycles. The molecule has 4 nitrogen and oxygen atoms in total. The normalized spacial score (nSPS) is 10.8. The topological polar surface area (TPSA) is 39.7 Å². The molecule has 0 unspecified atom stereocenters. The summed E-state index contributed by atoms with van der Waals surface area (Å²) in [6, 6.07) is 4.01. The van der Waals surface area contributed by atoms with Crippen molar-refractivity contribution < 1.29 is 14.2 Å². The van der Waals surface area contributed by atoms with Gasteiger partial charge in [0.25, 0.3) is 0 Å². The Kier molecular flexibility index (Phi) is 7.98. The van der Waals surface area contributed by atoms with Gasteiger partial charge in [-0.15, -0.1) is 0 Å². The van der Waals surface area contributed by atoms with Crippen LogP contribution in [-0.2, 0) is 6.54 Å². The summed E-state index contributed by atoms with van der Waals surface area (Å²) >= 11 is 0. The van der Waals surface area contributed by atoms with Crippen LogP contribution in [0.3, 0.4) is 0 Å². The second kappa shape index (κ2) is 9.50. The second-order valence-electron chi connectivity index (χ2n) is 5.49. The predicted molar refractivity (Wildman–Crippen MR) is 86.5 cm³/mol. The Morgan fingerprint density at radius 1 is 1.10 bits per heavy atom. The SMILES string of the molecule is CCNCc1cc(OC)c(OCCCC(C)C)c(OC)c1. The third kappa shape index (κ3) is 5.84. The number of benzene rings is 1. The van der Waals surface area contributed by atoms with Gasteiger partial charge in [-0.25, -0.2) is 0 Å². The number of rotatable bonds is 10. The lowest BCUT2D eigenvalue weighted by atomic mass is 10.1. The van der Waals surface area contributed by atoms with Crippen LogP contribution in [0, 0.1) is 5.92 Å². The fraction of sp³-hybridized carbons (Fsp3) is 0.647. The fourth-order valence-corrected chi connectivity index (χ4v) is 2.11. The standard InChI is InChI=1S/C17H29NO3/c1-6-18-12-14-10-15(19-4)17(16(11-14)20-5)21-9-7-8-13(2)3/h10-11,13,18H,6-9,12H2,1-5H3.